The molecule has 186 valence electrons. The van der Waals surface area contributed by atoms with Gasteiger partial charge in [0.15, 0.2) is 11.5 Å². The van der Waals surface area contributed by atoms with Gasteiger partial charge in [0.2, 0.25) is 5.75 Å². The van der Waals surface area contributed by atoms with Crippen LogP contribution < -0.4 is 14.2 Å². The number of likely N-dealkylation sites (N-methyl/N-ethyl adjacent to an activating group) is 1. The third kappa shape index (κ3) is 5.43. The van der Waals surface area contributed by atoms with Gasteiger partial charge in [0.05, 0.1) is 32.9 Å². The molecular weight excluding hydrogens is 450 g/mol. The first kappa shape index (κ1) is 24.6. The minimum Gasteiger partial charge on any atom is -0.493 e. The number of piperidine rings is 1. The van der Waals surface area contributed by atoms with Crippen molar-refractivity contribution in [3.05, 3.63) is 59.7 Å². The topological polar surface area (TPSA) is 83.5 Å². The molecule has 0 saturated carbocycles. The van der Waals surface area contributed by atoms with Crippen molar-refractivity contribution in [1.29, 1.82) is 0 Å². The van der Waals surface area contributed by atoms with E-state index in [0.717, 1.165) is 6.42 Å². The highest BCUT2D eigenvalue weighted by Crippen LogP contribution is 2.39. The molecule has 0 radical (unpaired) electrons. The molecule has 2 aromatic carbocycles. The molecule has 0 aliphatic carbocycles. The van der Waals surface area contributed by atoms with E-state index in [-0.39, 0.29) is 30.3 Å². The summed E-state index contributed by atoms with van der Waals surface area (Å²) in [6, 6.07) is 12.7. The van der Waals surface area contributed by atoms with Gasteiger partial charge in [0, 0.05) is 31.4 Å². The molecule has 4 rings (SSSR count). The molecule has 0 unspecified atom stereocenters. The van der Waals surface area contributed by atoms with Gasteiger partial charge in [-0.1, -0.05) is 18.2 Å². The molecule has 2 aliphatic heterocycles. The monoisotopic (exact) mass is 481 g/mol. The van der Waals surface area contributed by atoms with E-state index in [1.807, 2.05) is 25.2 Å². The van der Waals surface area contributed by atoms with E-state index < -0.39 is 5.97 Å². The Kier molecular flexibility index (Phi) is 7.60. The Bertz CT molecular complexity index is 1060. The Morgan fingerprint density at radius 3 is 2.23 bits per heavy atom. The van der Waals surface area contributed by atoms with Crippen LogP contribution in [0.25, 0.3) is 6.08 Å². The van der Waals surface area contributed by atoms with Crippen LogP contribution in [-0.2, 0) is 14.3 Å². The van der Waals surface area contributed by atoms with Gasteiger partial charge in [-0.05, 0) is 43.0 Å². The zero-order valence-corrected chi connectivity index (χ0v) is 20.4. The summed E-state index contributed by atoms with van der Waals surface area (Å²) >= 11 is 0. The molecule has 0 aromatic heterocycles. The molecule has 2 aromatic rings. The lowest BCUT2D eigenvalue weighted by molar-refractivity contribution is -0.146. The maximum atomic E-state index is 12.6. The molecule has 2 saturated heterocycles. The number of hydrogen-bond donors (Lipinski definition) is 0. The Labute approximate surface area is 205 Å². The molecule has 0 spiro atoms. The SMILES string of the molecule is COc1cc(/C=C/C(=O)O[C@H]2C[C@H]3C[C@H](OC(=O)c4ccccc4)[C@@H](C2)N3C)cc(OC)c1OC. The van der Waals surface area contributed by atoms with E-state index in [2.05, 4.69) is 4.90 Å². The summed E-state index contributed by atoms with van der Waals surface area (Å²) in [6.07, 6.45) is 4.64. The fourth-order valence-corrected chi connectivity index (χ4v) is 4.94. The lowest BCUT2D eigenvalue weighted by Crippen LogP contribution is -2.46. The van der Waals surface area contributed by atoms with Crippen molar-refractivity contribution in [1.82, 2.24) is 4.90 Å². The van der Waals surface area contributed by atoms with Crippen LogP contribution in [0.5, 0.6) is 17.2 Å². The number of methoxy groups -OCH3 is 3. The Hall–Kier alpha value is -3.52. The quantitative estimate of drug-likeness (QED) is 0.417. The van der Waals surface area contributed by atoms with Gasteiger partial charge in [-0.25, -0.2) is 9.59 Å². The molecule has 0 N–H and O–H groups in total. The first-order valence-electron chi connectivity index (χ1n) is 11.6. The third-order valence-electron chi connectivity index (χ3n) is 6.72. The van der Waals surface area contributed by atoms with Crippen molar-refractivity contribution in [2.45, 2.75) is 43.6 Å². The number of fused-ring (bicyclic) bond motifs is 2. The van der Waals surface area contributed by atoms with Gasteiger partial charge in [0.1, 0.15) is 12.2 Å². The fourth-order valence-electron chi connectivity index (χ4n) is 4.94. The zero-order valence-electron chi connectivity index (χ0n) is 20.4. The van der Waals surface area contributed by atoms with E-state index in [0.29, 0.717) is 41.2 Å². The van der Waals surface area contributed by atoms with Crippen molar-refractivity contribution in [3.63, 3.8) is 0 Å². The zero-order chi connectivity index (χ0) is 24.9. The van der Waals surface area contributed by atoms with Gasteiger partial charge in [-0.3, -0.25) is 4.90 Å². The van der Waals surface area contributed by atoms with Crippen LogP contribution in [-0.4, -0.2) is 69.5 Å². The summed E-state index contributed by atoms with van der Waals surface area (Å²) in [6.45, 7) is 0. The first-order valence-corrected chi connectivity index (χ1v) is 11.6. The second-order valence-corrected chi connectivity index (χ2v) is 8.75. The lowest BCUT2D eigenvalue weighted by atomic mass is 10.0. The highest BCUT2D eigenvalue weighted by atomic mass is 16.6. The molecule has 8 nitrogen and oxygen atoms in total. The average molecular weight is 482 g/mol. The van der Waals surface area contributed by atoms with Crippen molar-refractivity contribution >= 4 is 18.0 Å². The summed E-state index contributed by atoms with van der Waals surface area (Å²) in [5.74, 6) is 0.744. The van der Waals surface area contributed by atoms with E-state index in [1.54, 1.807) is 30.3 Å². The molecule has 2 fully saturated rings. The van der Waals surface area contributed by atoms with Crippen LogP contribution in [0, 0.1) is 0 Å². The predicted octanol–water partition coefficient (Wildman–Crippen LogP) is 3.73. The maximum Gasteiger partial charge on any atom is 0.338 e. The van der Waals surface area contributed by atoms with Gasteiger partial charge in [-0.2, -0.15) is 0 Å². The van der Waals surface area contributed by atoms with Crippen LogP contribution in [0.3, 0.4) is 0 Å². The molecule has 2 bridgehead atoms. The number of hydrogen-bond acceptors (Lipinski definition) is 8. The van der Waals surface area contributed by atoms with Gasteiger partial charge >= 0.3 is 11.9 Å². The second-order valence-electron chi connectivity index (χ2n) is 8.75. The van der Waals surface area contributed by atoms with Crippen LogP contribution in [0.1, 0.15) is 35.2 Å². The van der Waals surface area contributed by atoms with E-state index in [4.69, 9.17) is 23.7 Å². The summed E-state index contributed by atoms with van der Waals surface area (Å²) in [5, 5.41) is 0. The first-order chi connectivity index (χ1) is 16.9. The van der Waals surface area contributed by atoms with Crippen LogP contribution in [0.15, 0.2) is 48.5 Å². The minimum absolute atomic E-state index is 0.0123. The summed E-state index contributed by atoms with van der Waals surface area (Å²) < 4.78 is 27.6. The number of benzene rings is 2. The molecule has 35 heavy (non-hydrogen) atoms. The number of carbonyl (C=O) groups is 2. The molecule has 2 aliphatic rings. The minimum atomic E-state index is -0.425. The summed E-state index contributed by atoms with van der Waals surface area (Å²) in [7, 11) is 6.65. The summed E-state index contributed by atoms with van der Waals surface area (Å²) in [5.41, 5.74) is 1.25. The van der Waals surface area contributed by atoms with Crippen molar-refractivity contribution in [2.75, 3.05) is 28.4 Å². The highest BCUT2D eigenvalue weighted by Gasteiger charge is 2.47. The predicted molar refractivity (Wildman–Crippen MR) is 130 cm³/mol. The largest absolute Gasteiger partial charge is 0.493 e. The number of carbonyl (C=O) groups excluding carboxylic acids is 2. The van der Waals surface area contributed by atoms with E-state index in [9.17, 15) is 9.59 Å². The van der Waals surface area contributed by atoms with Crippen molar-refractivity contribution in [3.8, 4) is 17.2 Å². The maximum absolute atomic E-state index is 12.6. The Morgan fingerprint density at radius 2 is 1.60 bits per heavy atom. The normalized spacial score (nSPS) is 23.7. The molecule has 4 atom stereocenters. The van der Waals surface area contributed by atoms with Crippen LogP contribution >= 0.6 is 0 Å². The van der Waals surface area contributed by atoms with E-state index in [1.165, 1.54) is 27.4 Å². The molecular formula is C27H31NO7. The number of nitrogens with zero attached hydrogens (tertiary/aromatic N) is 1. The summed E-state index contributed by atoms with van der Waals surface area (Å²) in [4.78, 5) is 27.4. The second kappa shape index (κ2) is 10.8. The van der Waals surface area contributed by atoms with Crippen LogP contribution in [0.2, 0.25) is 0 Å². The van der Waals surface area contributed by atoms with Crippen LogP contribution in [0.4, 0.5) is 0 Å². The smallest absolute Gasteiger partial charge is 0.338 e. The van der Waals surface area contributed by atoms with Crippen molar-refractivity contribution < 1.29 is 33.3 Å². The number of ether oxygens (including phenoxy) is 5. The molecule has 8 heteroatoms. The van der Waals surface area contributed by atoms with Gasteiger partial charge in [-0.15, -0.1) is 0 Å². The fraction of sp³-hybridized carbons (Fsp3) is 0.407. The molecule has 2 heterocycles. The Morgan fingerprint density at radius 1 is 0.914 bits per heavy atom. The van der Waals surface area contributed by atoms with Gasteiger partial charge < -0.3 is 23.7 Å². The lowest BCUT2D eigenvalue weighted by Gasteiger charge is -2.36. The molecule has 0 amide bonds. The highest BCUT2D eigenvalue weighted by molar-refractivity contribution is 5.89. The Balaban J connectivity index is 1.37. The van der Waals surface area contributed by atoms with Gasteiger partial charge in [0.25, 0.3) is 0 Å². The third-order valence-corrected chi connectivity index (χ3v) is 6.72. The number of esters is 2. The number of rotatable bonds is 8. The standard InChI is InChI=1S/C27H31NO7/c1-28-19-14-20(16-21(28)22(15-19)35-27(30)18-8-6-5-7-9-18)34-25(29)11-10-17-12-23(31-2)26(33-4)24(13-17)32-3/h5-13,19-22H,14-16H2,1-4H3/b11-10+/t19-,20-,21+,22-/m0/s1. The average Bonchev–Trinajstić information content (AvgIpc) is 3.03. The van der Waals surface area contributed by atoms with E-state index >= 15 is 0 Å². The van der Waals surface area contributed by atoms with Crippen molar-refractivity contribution in [2.24, 2.45) is 0 Å².